The number of rotatable bonds is 8. The molecule has 36 heavy (non-hydrogen) atoms. The molecule has 1 aliphatic heterocycles. The highest BCUT2D eigenvalue weighted by Crippen LogP contribution is 2.42. The highest BCUT2D eigenvalue weighted by molar-refractivity contribution is 7.12. The Morgan fingerprint density at radius 1 is 0.972 bits per heavy atom. The van der Waals surface area contributed by atoms with Gasteiger partial charge in [0.05, 0.1) is 4.88 Å². The fourth-order valence-electron chi connectivity index (χ4n) is 4.49. The molecule has 7 heteroatoms. The number of phenolic OH excluding ortho intramolecular Hbond substituents is 1. The van der Waals surface area contributed by atoms with Gasteiger partial charge in [-0.05, 0) is 104 Å². The molecule has 5 nitrogen and oxygen atoms in total. The van der Waals surface area contributed by atoms with Crippen molar-refractivity contribution in [3.8, 4) is 34.1 Å². The van der Waals surface area contributed by atoms with Crippen molar-refractivity contribution in [2.75, 3.05) is 26.2 Å². The van der Waals surface area contributed by atoms with Crippen LogP contribution in [0, 0.1) is 0 Å². The number of ketones is 1. The average Bonchev–Trinajstić information content (AvgIpc) is 3.36. The molecule has 1 aliphatic rings. The van der Waals surface area contributed by atoms with Gasteiger partial charge in [-0.2, -0.15) is 0 Å². The molecular formula is C29H30ClNO4S. The summed E-state index contributed by atoms with van der Waals surface area (Å²) in [6.45, 7) is 5.53. The molecule has 3 aromatic carbocycles. The lowest BCUT2D eigenvalue weighted by Gasteiger charge is -2.26. The number of phenols is 1. The predicted octanol–water partition coefficient (Wildman–Crippen LogP) is 7.56. The number of thiophene rings is 1. The zero-order valence-electron chi connectivity index (χ0n) is 20.2. The normalized spacial score (nSPS) is 13.8. The van der Waals surface area contributed by atoms with E-state index in [1.54, 1.807) is 19.1 Å². The first-order valence-corrected chi connectivity index (χ1v) is 12.9. The molecule has 1 saturated heterocycles. The summed E-state index contributed by atoms with van der Waals surface area (Å²) in [6, 6.07) is 18.8. The first-order valence-electron chi connectivity index (χ1n) is 12.1. The molecule has 0 spiro atoms. The SMILES string of the molecule is CC(=O)c1cc(-c2ccc3cc(O)ccc3c2Oc2ccc(OCCN3CCCCC3)cc2)cs1.Cl. The molecule has 0 aliphatic carbocycles. The van der Waals surface area contributed by atoms with Crippen molar-refractivity contribution in [1.82, 2.24) is 4.90 Å². The van der Waals surface area contributed by atoms with Crippen molar-refractivity contribution in [2.24, 2.45) is 0 Å². The van der Waals surface area contributed by atoms with Crippen molar-refractivity contribution in [3.05, 3.63) is 70.9 Å². The molecule has 0 amide bonds. The largest absolute Gasteiger partial charge is 0.508 e. The number of piperidine rings is 1. The summed E-state index contributed by atoms with van der Waals surface area (Å²) in [7, 11) is 0. The minimum Gasteiger partial charge on any atom is -0.508 e. The highest BCUT2D eigenvalue weighted by Gasteiger charge is 2.16. The van der Waals surface area contributed by atoms with Gasteiger partial charge in [0.15, 0.2) is 5.78 Å². The monoisotopic (exact) mass is 523 g/mol. The Morgan fingerprint density at radius 2 is 1.72 bits per heavy atom. The predicted molar refractivity (Wildman–Crippen MR) is 148 cm³/mol. The summed E-state index contributed by atoms with van der Waals surface area (Å²) in [5.41, 5.74) is 1.83. The maximum atomic E-state index is 11.8. The van der Waals surface area contributed by atoms with Gasteiger partial charge >= 0.3 is 0 Å². The van der Waals surface area contributed by atoms with Gasteiger partial charge in [-0.3, -0.25) is 9.69 Å². The third-order valence-electron chi connectivity index (χ3n) is 6.38. The Morgan fingerprint density at radius 3 is 2.44 bits per heavy atom. The second-order valence-corrected chi connectivity index (χ2v) is 9.84. The number of carbonyl (C=O) groups is 1. The Labute approximate surface area is 221 Å². The van der Waals surface area contributed by atoms with E-state index in [1.165, 1.54) is 43.7 Å². The summed E-state index contributed by atoms with van der Waals surface area (Å²) in [5.74, 6) is 2.45. The molecule has 2 heterocycles. The van der Waals surface area contributed by atoms with E-state index in [0.717, 1.165) is 34.2 Å². The second-order valence-electron chi connectivity index (χ2n) is 8.93. The lowest BCUT2D eigenvalue weighted by Crippen LogP contribution is -2.33. The molecule has 5 rings (SSSR count). The summed E-state index contributed by atoms with van der Waals surface area (Å²) in [5, 5.41) is 13.7. The Bertz CT molecular complexity index is 1330. The van der Waals surface area contributed by atoms with Gasteiger partial charge < -0.3 is 14.6 Å². The fourth-order valence-corrected chi connectivity index (χ4v) is 5.30. The van der Waals surface area contributed by atoms with Crippen LogP contribution in [0.25, 0.3) is 21.9 Å². The number of carbonyl (C=O) groups excluding carboxylic acids is 1. The van der Waals surface area contributed by atoms with Gasteiger partial charge in [0.1, 0.15) is 29.6 Å². The third-order valence-corrected chi connectivity index (χ3v) is 7.41. The number of benzene rings is 3. The van der Waals surface area contributed by atoms with Crippen LogP contribution < -0.4 is 9.47 Å². The standard InChI is InChI=1S/C29H29NO4S.ClH/c1-20(31)28-18-22(19-35-28)27-11-5-21-17-23(32)6-12-26(21)29(27)34-25-9-7-24(8-10-25)33-16-15-30-13-3-2-4-14-30;/h5-12,17-19,32H,2-4,13-16H2,1H3;1H. The molecule has 1 aromatic heterocycles. The van der Waals surface area contributed by atoms with Gasteiger partial charge in [0, 0.05) is 17.5 Å². The summed E-state index contributed by atoms with van der Waals surface area (Å²) in [4.78, 5) is 15.0. The van der Waals surface area contributed by atoms with Crippen LogP contribution in [-0.4, -0.2) is 42.0 Å². The van der Waals surface area contributed by atoms with Crippen molar-refractivity contribution in [3.63, 3.8) is 0 Å². The molecule has 0 unspecified atom stereocenters. The summed E-state index contributed by atoms with van der Waals surface area (Å²) in [6.07, 6.45) is 3.90. The zero-order valence-corrected chi connectivity index (χ0v) is 21.9. The molecule has 0 bridgehead atoms. The molecule has 4 aromatic rings. The molecule has 1 N–H and O–H groups in total. The van der Waals surface area contributed by atoms with Crippen LogP contribution in [0.3, 0.4) is 0 Å². The Balaban J connectivity index is 0.00000304. The number of aromatic hydroxyl groups is 1. The zero-order chi connectivity index (χ0) is 24.2. The quantitative estimate of drug-likeness (QED) is 0.241. The number of fused-ring (bicyclic) bond motifs is 1. The van der Waals surface area contributed by atoms with Crippen LogP contribution in [0.1, 0.15) is 35.9 Å². The number of likely N-dealkylation sites (tertiary alicyclic amines) is 1. The van der Waals surface area contributed by atoms with E-state index in [0.29, 0.717) is 23.0 Å². The molecule has 0 radical (unpaired) electrons. The van der Waals surface area contributed by atoms with E-state index in [9.17, 15) is 9.90 Å². The smallest absolute Gasteiger partial charge is 0.169 e. The van der Waals surface area contributed by atoms with E-state index in [1.807, 2.05) is 53.9 Å². The molecule has 0 atom stereocenters. The molecule has 0 saturated carbocycles. The van der Waals surface area contributed by atoms with E-state index >= 15 is 0 Å². The van der Waals surface area contributed by atoms with Gasteiger partial charge in [-0.15, -0.1) is 23.7 Å². The van der Waals surface area contributed by atoms with Crippen LogP contribution in [0.15, 0.2) is 66.0 Å². The first-order chi connectivity index (χ1) is 17.1. The number of hydrogen-bond donors (Lipinski definition) is 1. The van der Waals surface area contributed by atoms with E-state index in [-0.39, 0.29) is 23.9 Å². The fraction of sp³-hybridized carbons (Fsp3) is 0.276. The Kier molecular flexibility index (Phi) is 8.52. The number of Topliss-reactive ketones (excluding diaryl/α,β-unsaturated/α-hetero) is 1. The number of halogens is 1. The van der Waals surface area contributed by atoms with Crippen molar-refractivity contribution in [1.29, 1.82) is 0 Å². The lowest BCUT2D eigenvalue weighted by atomic mass is 10.0. The van der Waals surface area contributed by atoms with E-state index < -0.39 is 0 Å². The van der Waals surface area contributed by atoms with Crippen LogP contribution in [0.2, 0.25) is 0 Å². The lowest BCUT2D eigenvalue weighted by molar-refractivity contribution is 0.102. The minimum atomic E-state index is 0. The molecule has 1 fully saturated rings. The number of ether oxygens (including phenoxy) is 2. The van der Waals surface area contributed by atoms with Crippen LogP contribution in [0.5, 0.6) is 23.0 Å². The van der Waals surface area contributed by atoms with Crippen LogP contribution in [0.4, 0.5) is 0 Å². The molecule has 188 valence electrons. The topological polar surface area (TPSA) is 59.0 Å². The highest BCUT2D eigenvalue weighted by atomic mass is 35.5. The van der Waals surface area contributed by atoms with E-state index in [4.69, 9.17) is 9.47 Å². The van der Waals surface area contributed by atoms with Crippen molar-refractivity contribution < 1.29 is 19.4 Å². The molecular weight excluding hydrogens is 494 g/mol. The average molecular weight is 524 g/mol. The van der Waals surface area contributed by atoms with Gasteiger partial charge in [-0.1, -0.05) is 12.5 Å². The van der Waals surface area contributed by atoms with Gasteiger partial charge in [0.25, 0.3) is 0 Å². The first kappa shape index (κ1) is 26.0. The third kappa shape index (κ3) is 6.01. The maximum Gasteiger partial charge on any atom is 0.169 e. The second kappa shape index (κ2) is 11.8. The van der Waals surface area contributed by atoms with Crippen molar-refractivity contribution >= 4 is 40.3 Å². The number of nitrogens with zero attached hydrogens (tertiary/aromatic N) is 1. The van der Waals surface area contributed by atoms with Gasteiger partial charge in [-0.25, -0.2) is 0 Å². The van der Waals surface area contributed by atoms with E-state index in [2.05, 4.69) is 4.90 Å². The summed E-state index contributed by atoms with van der Waals surface area (Å²) >= 11 is 1.43. The summed E-state index contributed by atoms with van der Waals surface area (Å²) < 4.78 is 12.4. The minimum absolute atomic E-state index is 0. The van der Waals surface area contributed by atoms with Crippen LogP contribution >= 0.6 is 23.7 Å². The van der Waals surface area contributed by atoms with Crippen LogP contribution in [-0.2, 0) is 0 Å². The maximum absolute atomic E-state index is 11.8. The Hall–Kier alpha value is -3.06. The van der Waals surface area contributed by atoms with Crippen molar-refractivity contribution in [2.45, 2.75) is 26.2 Å². The van der Waals surface area contributed by atoms with Gasteiger partial charge in [0.2, 0.25) is 0 Å². The number of hydrogen-bond acceptors (Lipinski definition) is 6.